The van der Waals surface area contributed by atoms with Gasteiger partial charge in [0, 0.05) is 18.7 Å². The van der Waals surface area contributed by atoms with Crippen LogP contribution >= 0.6 is 0 Å². The molecule has 0 saturated heterocycles. The van der Waals surface area contributed by atoms with Crippen molar-refractivity contribution < 1.29 is 26.3 Å². The van der Waals surface area contributed by atoms with Crippen molar-refractivity contribution >= 4 is 0 Å². The zero-order chi connectivity index (χ0) is 16.1. The van der Waals surface area contributed by atoms with E-state index in [2.05, 4.69) is 10.3 Å². The first-order valence-corrected chi connectivity index (χ1v) is 6.46. The van der Waals surface area contributed by atoms with E-state index in [-0.39, 0.29) is 12.1 Å². The lowest BCUT2D eigenvalue weighted by Gasteiger charge is -2.19. The predicted octanol–water partition coefficient (Wildman–Crippen LogP) is 4.48. The molecule has 0 fully saturated rings. The first-order valence-electron chi connectivity index (χ1n) is 6.46. The van der Waals surface area contributed by atoms with E-state index in [1.54, 1.807) is 0 Å². The summed E-state index contributed by atoms with van der Waals surface area (Å²) in [6.07, 6.45) is -8.76. The number of aromatic nitrogens is 1. The van der Waals surface area contributed by atoms with Gasteiger partial charge in [-0.3, -0.25) is 4.98 Å². The minimum Gasteiger partial charge on any atom is -0.309 e. The Kier molecular flexibility index (Phi) is 6.00. The zero-order valence-corrected chi connectivity index (χ0v) is 11.4. The van der Waals surface area contributed by atoms with Crippen LogP contribution in [-0.2, 0) is 6.18 Å². The van der Waals surface area contributed by atoms with Gasteiger partial charge >= 0.3 is 12.4 Å². The summed E-state index contributed by atoms with van der Waals surface area (Å²) in [7, 11) is 0. The Bertz CT molecular complexity index is 424. The third-order valence-electron chi connectivity index (χ3n) is 2.83. The molecule has 0 spiro atoms. The Balaban J connectivity index is 2.82. The number of rotatable bonds is 6. The topological polar surface area (TPSA) is 24.9 Å². The van der Waals surface area contributed by atoms with Gasteiger partial charge in [0.2, 0.25) is 0 Å². The van der Waals surface area contributed by atoms with Gasteiger partial charge in [0.1, 0.15) is 0 Å². The largest absolute Gasteiger partial charge is 0.417 e. The zero-order valence-electron chi connectivity index (χ0n) is 11.4. The highest BCUT2D eigenvalue weighted by molar-refractivity contribution is 5.19. The fraction of sp³-hybridized carbons (Fsp3) is 0.615. The Labute approximate surface area is 118 Å². The van der Waals surface area contributed by atoms with Crippen molar-refractivity contribution in [2.45, 2.75) is 44.6 Å². The summed E-state index contributed by atoms with van der Waals surface area (Å²) in [4.78, 5) is 3.65. The molecule has 21 heavy (non-hydrogen) atoms. The Hall–Kier alpha value is -1.31. The molecular formula is C13H16F6N2. The van der Waals surface area contributed by atoms with Gasteiger partial charge in [-0.15, -0.1) is 0 Å². The lowest BCUT2D eigenvalue weighted by atomic mass is 10.1. The highest BCUT2D eigenvalue weighted by Crippen LogP contribution is 2.30. The summed E-state index contributed by atoms with van der Waals surface area (Å²) >= 11 is 0. The normalized spacial score (nSPS) is 14.2. The monoisotopic (exact) mass is 314 g/mol. The van der Waals surface area contributed by atoms with Crippen molar-refractivity contribution in [1.29, 1.82) is 0 Å². The lowest BCUT2D eigenvalue weighted by molar-refractivity contribution is -0.138. The smallest absolute Gasteiger partial charge is 0.309 e. The molecule has 1 atom stereocenters. The molecule has 0 aromatic carbocycles. The molecular weight excluding hydrogens is 298 g/mol. The molecule has 1 unspecified atom stereocenters. The fourth-order valence-electron chi connectivity index (χ4n) is 1.76. The van der Waals surface area contributed by atoms with Gasteiger partial charge in [0.25, 0.3) is 0 Å². The number of nitrogens with one attached hydrogen (secondary N) is 1. The first-order chi connectivity index (χ1) is 9.63. The Morgan fingerprint density at radius 3 is 2.24 bits per heavy atom. The van der Waals surface area contributed by atoms with Crippen LogP contribution in [0.4, 0.5) is 26.3 Å². The van der Waals surface area contributed by atoms with Crippen LogP contribution in [0.15, 0.2) is 18.3 Å². The van der Waals surface area contributed by atoms with Crippen LogP contribution in [0.2, 0.25) is 0 Å². The molecule has 0 aliphatic heterocycles. The fourth-order valence-corrected chi connectivity index (χ4v) is 1.76. The molecule has 1 N–H and O–H groups in total. The van der Waals surface area contributed by atoms with Gasteiger partial charge in [-0.05, 0) is 31.5 Å². The molecule has 0 saturated carbocycles. The number of hydrogen-bond acceptors (Lipinski definition) is 2. The van der Waals surface area contributed by atoms with Crippen molar-refractivity contribution in [1.82, 2.24) is 10.3 Å². The van der Waals surface area contributed by atoms with E-state index >= 15 is 0 Å². The van der Waals surface area contributed by atoms with E-state index in [9.17, 15) is 26.3 Å². The highest BCUT2D eigenvalue weighted by atomic mass is 19.4. The van der Waals surface area contributed by atoms with Gasteiger partial charge in [0.15, 0.2) is 0 Å². The summed E-state index contributed by atoms with van der Waals surface area (Å²) in [5, 5.41) is 2.87. The van der Waals surface area contributed by atoms with Gasteiger partial charge in [-0.1, -0.05) is 6.92 Å². The van der Waals surface area contributed by atoms with Crippen LogP contribution in [-0.4, -0.2) is 17.7 Å². The average Bonchev–Trinajstić information content (AvgIpc) is 2.37. The highest BCUT2D eigenvalue weighted by Gasteiger charge is 2.32. The second-order valence-electron chi connectivity index (χ2n) is 4.63. The molecule has 1 rings (SSSR count). The van der Waals surface area contributed by atoms with Crippen LogP contribution in [0.1, 0.15) is 43.5 Å². The van der Waals surface area contributed by atoms with Crippen LogP contribution in [0.25, 0.3) is 0 Å². The minimum atomic E-state index is -4.51. The number of nitrogens with zero attached hydrogens (tertiary/aromatic N) is 1. The van der Waals surface area contributed by atoms with Crippen LogP contribution < -0.4 is 5.32 Å². The minimum absolute atomic E-state index is 0.181. The summed E-state index contributed by atoms with van der Waals surface area (Å²) in [6, 6.07) is 1.23. The van der Waals surface area contributed by atoms with E-state index in [4.69, 9.17) is 0 Å². The van der Waals surface area contributed by atoms with E-state index < -0.39 is 30.4 Å². The molecule has 2 nitrogen and oxygen atoms in total. The first kappa shape index (κ1) is 17.7. The van der Waals surface area contributed by atoms with Gasteiger partial charge in [-0.25, -0.2) is 0 Å². The van der Waals surface area contributed by atoms with E-state index in [0.29, 0.717) is 19.2 Å². The maximum atomic E-state index is 12.4. The number of halogens is 6. The summed E-state index contributed by atoms with van der Waals surface area (Å²) < 4.78 is 74.1. The second-order valence-corrected chi connectivity index (χ2v) is 4.63. The van der Waals surface area contributed by atoms with Crippen LogP contribution in [0.5, 0.6) is 0 Å². The molecule has 0 bridgehead atoms. The van der Waals surface area contributed by atoms with E-state index in [1.807, 2.05) is 6.92 Å². The van der Waals surface area contributed by atoms with Gasteiger partial charge in [0.05, 0.1) is 11.3 Å². The number of hydrogen-bond donors (Lipinski definition) is 1. The number of alkyl halides is 6. The van der Waals surface area contributed by atoms with Crippen molar-refractivity contribution in [3.63, 3.8) is 0 Å². The molecule has 0 radical (unpaired) electrons. The Morgan fingerprint density at radius 2 is 1.81 bits per heavy atom. The lowest BCUT2D eigenvalue weighted by Crippen LogP contribution is -2.25. The van der Waals surface area contributed by atoms with E-state index in [1.165, 1.54) is 0 Å². The molecule has 0 aliphatic rings. The van der Waals surface area contributed by atoms with Gasteiger partial charge in [-0.2, -0.15) is 26.3 Å². The van der Waals surface area contributed by atoms with Gasteiger partial charge < -0.3 is 5.32 Å². The molecule has 1 heterocycles. The Morgan fingerprint density at radius 1 is 1.14 bits per heavy atom. The standard InChI is InChI=1S/C13H16F6N2/c1-2-7-20-11(5-6-12(14,15)16)10-4-3-9(8-21-10)13(17,18)19/h3-4,8,11,20H,2,5-7H2,1H3. The molecule has 1 aromatic rings. The van der Waals surface area contributed by atoms with Crippen molar-refractivity contribution in [3.05, 3.63) is 29.6 Å². The van der Waals surface area contributed by atoms with Crippen LogP contribution in [0.3, 0.4) is 0 Å². The quantitative estimate of drug-likeness (QED) is 0.783. The number of pyridine rings is 1. The molecule has 120 valence electrons. The molecule has 1 aromatic heterocycles. The van der Waals surface area contributed by atoms with Crippen molar-refractivity contribution in [2.24, 2.45) is 0 Å². The van der Waals surface area contributed by atoms with E-state index in [0.717, 1.165) is 12.1 Å². The molecule has 0 amide bonds. The van der Waals surface area contributed by atoms with Crippen molar-refractivity contribution in [2.75, 3.05) is 6.54 Å². The molecule has 0 aliphatic carbocycles. The maximum absolute atomic E-state index is 12.4. The summed E-state index contributed by atoms with van der Waals surface area (Å²) in [5.41, 5.74) is -0.739. The van der Waals surface area contributed by atoms with Crippen molar-refractivity contribution in [3.8, 4) is 0 Å². The summed E-state index contributed by atoms with van der Waals surface area (Å²) in [6.45, 7) is 2.30. The third kappa shape index (κ3) is 6.33. The maximum Gasteiger partial charge on any atom is 0.417 e. The average molecular weight is 314 g/mol. The SMILES string of the molecule is CCCNC(CCC(F)(F)F)c1ccc(C(F)(F)F)cn1. The third-order valence-corrected chi connectivity index (χ3v) is 2.83. The summed E-state index contributed by atoms with van der Waals surface area (Å²) in [5.74, 6) is 0. The predicted molar refractivity (Wildman–Crippen MR) is 65.6 cm³/mol. The second kappa shape index (κ2) is 7.11. The molecule has 8 heteroatoms. The van der Waals surface area contributed by atoms with Crippen LogP contribution in [0, 0.1) is 0 Å².